The normalized spacial score (nSPS) is 12.6. The van der Waals surface area contributed by atoms with Crippen molar-refractivity contribution in [1.82, 2.24) is 4.90 Å². The van der Waals surface area contributed by atoms with E-state index in [4.69, 9.17) is 5.73 Å². The van der Waals surface area contributed by atoms with Gasteiger partial charge in [-0.3, -0.25) is 4.79 Å². The van der Waals surface area contributed by atoms with E-state index in [-0.39, 0.29) is 17.9 Å². The Labute approximate surface area is 112 Å². The quantitative estimate of drug-likeness (QED) is 0.641. The van der Waals surface area contributed by atoms with Gasteiger partial charge in [-0.15, -0.1) is 13.2 Å². The topological polar surface area (TPSA) is 46.3 Å². The molecule has 0 aliphatic carbocycles. The van der Waals surface area contributed by atoms with Crippen LogP contribution < -0.4 is 5.73 Å². The van der Waals surface area contributed by atoms with Gasteiger partial charge >= 0.3 is 0 Å². The average molecular weight is 252 g/mol. The Morgan fingerprint density at radius 2 is 1.78 bits per heavy atom. The van der Waals surface area contributed by atoms with Crippen molar-refractivity contribution in [2.75, 3.05) is 13.6 Å². The summed E-state index contributed by atoms with van der Waals surface area (Å²) in [5, 5.41) is 0. The molecule has 0 rings (SSSR count). The maximum atomic E-state index is 12.2. The van der Waals surface area contributed by atoms with Crippen molar-refractivity contribution in [3.63, 3.8) is 0 Å². The molecule has 0 saturated heterocycles. The molecule has 0 spiro atoms. The first-order valence-electron chi connectivity index (χ1n) is 6.66. The first-order valence-corrected chi connectivity index (χ1v) is 6.66. The van der Waals surface area contributed by atoms with Gasteiger partial charge < -0.3 is 10.6 Å². The van der Waals surface area contributed by atoms with Gasteiger partial charge in [-0.2, -0.15) is 0 Å². The highest BCUT2D eigenvalue weighted by atomic mass is 16.2. The number of hydrogen-bond donors (Lipinski definition) is 1. The number of amides is 1. The summed E-state index contributed by atoms with van der Waals surface area (Å²) < 4.78 is 0. The van der Waals surface area contributed by atoms with Gasteiger partial charge in [0.05, 0.1) is 0 Å². The zero-order chi connectivity index (χ0) is 14.1. The molecule has 104 valence electrons. The Bertz CT molecular complexity index is 264. The van der Waals surface area contributed by atoms with Crippen molar-refractivity contribution < 1.29 is 4.79 Å². The maximum Gasteiger partial charge on any atom is 0.226 e. The van der Waals surface area contributed by atoms with Crippen molar-refractivity contribution in [2.24, 2.45) is 17.6 Å². The van der Waals surface area contributed by atoms with E-state index in [9.17, 15) is 4.79 Å². The number of hydrogen-bond acceptors (Lipinski definition) is 2. The Morgan fingerprint density at radius 3 is 2.17 bits per heavy atom. The van der Waals surface area contributed by atoms with Gasteiger partial charge in [0.15, 0.2) is 0 Å². The molecule has 0 saturated carbocycles. The lowest BCUT2D eigenvalue weighted by Crippen LogP contribution is -2.37. The standard InChI is InChI=1S/C15H28N2O/c1-6-8-13(9-7-2)15(18)17(5)11-10-14(16)12(3)4/h6-7,12-14H,1-2,8-11,16H2,3-5H3. The second-order valence-electron chi connectivity index (χ2n) is 5.20. The van der Waals surface area contributed by atoms with Crippen molar-refractivity contribution in [3.05, 3.63) is 25.3 Å². The molecule has 0 aromatic rings. The molecule has 18 heavy (non-hydrogen) atoms. The number of rotatable bonds is 9. The molecule has 0 aromatic heterocycles. The third kappa shape index (κ3) is 6.01. The largest absolute Gasteiger partial charge is 0.345 e. The van der Waals surface area contributed by atoms with Gasteiger partial charge in [0.2, 0.25) is 5.91 Å². The first-order chi connectivity index (χ1) is 8.43. The Hall–Kier alpha value is -1.09. The number of nitrogens with zero attached hydrogens (tertiary/aromatic N) is 1. The van der Waals surface area contributed by atoms with E-state index in [2.05, 4.69) is 27.0 Å². The highest BCUT2D eigenvalue weighted by Gasteiger charge is 2.20. The molecule has 0 bridgehead atoms. The van der Waals surface area contributed by atoms with E-state index in [0.29, 0.717) is 25.3 Å². The molecule has 0 radical (unpaired) electrons. The minimum Gasteiger partial charge on any atom is -0.345 e. The molecular weight excluding hydrogens is 224 g/mol. The summed E-state index contributed by atoms with van der Waals surface area (Å²) in [4.78, 5) is 14.0. The molecule has 3 heteroatoms. The van der Waals surface area contributed by atoms with E-state index < -0.39 is 0 Å². The van der Waals surface area contributed by atoms with Crippen LogP contribution in [-0.4, -0.2) is 30.4 Å². The Morgan fingerprint density at radius 1 is 1.28 bits per heavy atom. The predicted molar refractivity (Wildman–Crippen MR) is 78.2 cm³/mol. The minimum absolute atomic E-state index is 0.0275. The summed E-state index contributed by atoms with van der Waals surface area (Å²) in [5.41, 5.74) is 5.99. The summed E-state index contributed by atoms with van der Waals surface area (Å²) in [5.74, 6) is 0.580. The molecule has 0 aliphatic heterocycles. The van der Waals surface area contributed by atoms with Crippen LogP contribution in [0, 0.1) is 11.8 Å². The zero-order valence-corrected chi connectivity index (χ0v) is 12.1. The van der Waals surface area contributed by atoms with Crippen LogP contribution >= 0.6 is 0 Å². The van der Waals surface area contributed by atoms with Crippen molar-refractivity contribution in [3.8, 4) is 0 Å². The van der Waals surface area contributed by atoms with Crippen molar-refractivity contribution in [1.29, 1.82) is 0 Å². The number of carbonyl (C=O) groups excluding carboxylic acids is 1. The van der Waals surface area contributed by atoms with E-state index in [1.807, 2.05) is 7.05 Å². The fourth-order valence-electron chi connectivity index (χ4n) is 1.80. The molecule has 1 atom stereocenters. The van der Waals surface area contributed by atoms with E-state index in [1.165, 1.54) is 0 Å². The second kappa shape index (κ2) is 8.92. The number of nitrogens with two attached hydrogens (primary N) is 1. The van der Waals surface area contributed by atoms with Gasteiger partial charge in [0.1, 0.15) is 0 Å². The molecule has 2 N–H and O–H groups in total. The third-order valence-electron chi connectivity index (χ3n) is 3.28. The van der Waals surface area contributed by atoms with Crippen LogP contribution in [0.5, 0.6) is 0 Å². The van der Waals surface area contributed by atoms with E-state index in [1.54, 1.807) is 17.1 Å². The molecule has 0 aliphatic rings. The highest BCUT2D eigenvalue weighted by molar-refractivity contribution is 5.78. The molecule has 0 fully saturated rings. The summed E-state index contributed by atoms with van der Waals surface area (Å²) in [6.07, 6.45) is 5.82. The summed E-state index contributed by atoms with van der Waals surface area (Å²) in [7, 11) is 1.84. The SMILES string of the molecule is C=CCC(CC=C)C(=O)N(C)CCC(N)C(C)C. The minimum atomic E-state index is -0.0275. The number of carbonyl (C=O) groups is 1. The van der Waals surface area contributed by atoms with Crippen molar-refractivity contribution >= 4 is 5.91 Å². The van der Waals surface area contributed by atoms with Gasteiger partial charge in [0.25, 0.3) is 0 Å². The lowest BCUT2D eigenvalue weighted by molar-refractivity contribution is -0.134. The van der Waals surface area contributed by atoms with Crippen LogP contribution in [-0.2, 0) is 4.79 Å². The van der Waals surface area contributed by atoms with Crippen LogP contribution in [0.4, 0.5) is 0 Å². The fourth-order valence-corrected chi connectivity index (χ4v) is 1.80. The molecular formula is C15H28N2O. The van der Waals surface area contributed by atoms with Crippen LogP contribution in [0.2, 0.25) is 0 Å². The third-order valence-corrected chi connectivity index (χ3v) is 3.28. The van der Waals surface area contributed by atoms with Crippen LogP contribution in [0.1, 0.15) is 33.1 Å². The molecule has 1 unspecified atom stereocenters. The van der Waals surface area contributed by atoms with Gasteiger partial charge in [-0.25, -0.2) is 0 Å². The van der Waals surface area contributed by atoms with Crippen LogP contribution in [0.15, 0.2) is 25.3 Å². The molecule has 3 nitrogen and oxygen atoms in total. The van der Waals surface area contributed by atoms with Crippen LogP contribution in [0.25, 0.3) is 0 Å². The van der Waals surface area contributed by atoms with E-state index in [0.717, 1.165) is 6.42 Å². The summed E-state index contributed by atoms with van der Waals surface area (Å²) in [6.45, 7) is 12.3. The lowest BCUT2D eigenvalue weighted by Gasteiger charge is -2.24. The number of allylic oxidation sites excluding steroid dienone is 2. The summed E-state index contributed by atoms with van der Waals surface area (Å²) >= 11 is 0. The van der Waals surface area contributed by atoms with Crippen molar-refractivity contribution in [2.45, 2.75) is 39.2 Å². The van der Waals surface area contributed by atoms with Gasteiger partial charge in [0, 0.05) is 25.6 Å². The van der Waals surface area contributed by atoms with Gasteiger partial charge in [-0.1, -0.05) is 26.0 Å². The Kier molecular flexibility index (Phi) is 8.38. The maximum absolute atomic E-state index is 12.2. The Balaban J connectivity index is 4.29. The average Bonchev–Trinajstić information content (AvgIpc) is 2.34. The monoisotopic (exact) mass is 252 g/mol. The van der Waals surface area contributed by atoms with Gasteiger partial charge in [-0.05, 0) is 25.2 Å². The molecule has 0 heterocycles. The second-order valence-corrected chi connectivity index (χ2v) is 5.20. The fraction of sp³-hybridized carbons (Fsp3) is 0.667. The van der Waals surface area contributed by atoms with E-state index >= 15 is 0 Å². The zero-order valence-electron chi connectivity index (χ0n) is 12.1. The molecule has 0 aromatic carbocycles. The first kappa shape index (κ1) is 16.9. The van der Waals surface area contributed by atoms with Crippen LogP contribution in [0.3, 0.4) is 0 Å². The smallest absolute Gasteiger partial charge is 0.226 e. The molecule has 1 amide bonds. The predicted octanol–water partition coefficient (Wildman–Crippen LogP) is 2.59. The summed E-state index contributed by atoms with van der Waals surface area (Å²) in [6, 6.07) is 0.150. The lowest BCUT2D eigenvalue weighted by atomic mass is 9.98. The highest BCUT2D eigenvalue weighted by Crippen LogP contribution is 2.14.